The first-order chi connectivity index (χ1) is 23.0. The van der Waals surface area contributed by atoms with Gasteiger partial charge in [-0.2, -0.15) is 13.2 Å². The van der Waals surface area contributed by atoms with Gasteiger partial charge in [0.1, 0.15) is 29.1 Å². The number of aliphatic hydroxyl groups excluding tert-OH is 1. The summed E-state index contributed by atoms with van der Waals surface area (Å²) >= 11 is 0. The van der Waals surface area contributed by atoms with Gasteiger partial charge in [0, 0.05) is 46.2 Å². The average molecular weight is 661 g/mol. The Hall–Kier alpha value is -4.58. The van der Waals surface area contributed by atoms with Crippen LogP contribution in [-0.2, 0) is 12.6 Å². The summed E-state index contributed by atoms with van der Waals surface area (Å²) in [6.07, 6.45) is 2.08. The van der Waals surface area contributed by atoms with Crippen LogP contribution >= 0.6 is 0 Å². The maximum atomic E-state index is 13.7. The lowest BCUT2D eigenvalue weighted by Gasteiger charge is -2.30. The van der Waals surface area contributed by atoms with Crippen molar-refractivity contribution in [1.82, 2.24) is 25.3 Å². The number of hydrogen-bond acceptors (Lipinski definition) is 6. The van der Waals surface area contributed by atoms with Crippen LogP contribution < -0.4 is 15.4 Å². The van der Waals surface area contributed by atoms with Gasteiger partial charge in [0.05, 0.1) is 29.4 Å². The molecule has 5 aromatic rings. The van der Waals surface area contributed by atoms with Crippen molar-refractivity contribution in [2.24, 2.45) is 5.92 Å². The van der Waals surface area contributed by atoms with Crippen LogP contribution in [-0.4, -0.2) is 55.7 Å². The number of H-pyrrole nitrogens is 2. The van der Waals surface area contributed by atoms with Gasteiger partial charge >= 0.3 is 6.18 Å². The molecule has 48 heavy (non-hydrogen) atoms. The summed E-state index contributed by atoms with van der Waals surface area (Å²) in [5.74, 6) is 1.35. The van der Waals surface area contributed by atoms with Crippen LogP contribution in [0.2, 0.25) is 0 Å². The molecule has 2 aliphatic rings. The Balaban J connectivity index is 1.08. The van der Waals surface area contributed by atoms with Crippen molar-refractivity contribution in [3.63, 3.8) is 0 Å². The summed E-state index contributed by atoms with van der Waals surface area (Å²) in [5, 5.41) is 18.1. The predicted octanol–water partition coefficient (Wildman–Crippen LogP) is 7.30. The molecule has 0 saturated heterocycles. The van der Waals surface area contributed by atoms with Gasteiger partial charge in [-0.05, 0) is 82.6 Å². The van der Waals surface area contributed by atoms with E-state index in [0.29, 0.717) is 47.0 Å². The monoisotopic (exact) mass is 660 g/mol. The molecule has 252 valence electrons. The number of ether oxygens (including phenoxy) is 1. The van der Waals surface area contributed by atoms with E-state index < -0.39 is 17.8 Å². The molecule has 2 aliphatic carbocycles. The van der Waals surface area contributed by atoms with Gasteiger partial charge in [-0.15, -0.1) is 0 Å². The summed E-state index contributed by atoms with van der Waals surface area (Å²) in [5.41, 5.74) is 3.36. The lowest BCUT2D eigenvalue weighted by molar-refractivity contribution is -0.137. The second kappa shape index (κ2) is 12.8. The number of benzene rings is 2. The first-order valence-corrected chi connectivity index (χ1v) is 16.6. The molecular weight excluding hydrogens is 621 g/mol. The molecule has 1 atom stereocenters. The molecule has 1 amide bonds. The fraction of sp³-hybridized carbons (Fsp3) is 0.417. The minimum atomic E-state index is -4.54. The van der Waals surface area contributed by atoms with Crippen molar-refractivity contribution in [3.8, 4) is 17.0 Å². The molecule has 0 unspecified atom stereocenters. The van der Waals surface area contributed by atoms with Crippen LogP contribution in [0.1, 0.15) is 72.6 Å². The van der Waals surface area contributed by atoms with E-state index in [0.717, 1.165) is 72.9 Å². The summed E-state index contributed by atoms with van der Waals surface area (Å²) in [7, 11) is 0. The van der Waals surface area contributed by atoms with E-state index in [9.17, 15) is 23.1 Å². The lowest BCUT2D eigenvalue weighted by Crippen LogP contribution is -2.40. The number of aromatic nitrogens is 4. The third kappa shape index (κ3) is 6.58. The number of fused-ring (bicyclic) bond motifs is 2. The first kappa shape index (κ1) is 32.0. The first-order valence-electron chi connectivity index (χ1n) is 16.6. The van der Waals surface area contributed by atoms with Crippen LogP contribution in [0.3, 0.4) is 0 Å². The number of hydrogen-bond donors (Lipinski definition) is 5. The molecule has 2 fully saturated rings. The summed E-state index contributed by atoms with van der Waals surface area (Å²) in [6, 6.07) is 11.6. The van der Waals surface area contributed by atoms with Crippen LogP contribution in [0, 0.1) is 12.8 Å². The number of carbonyl (C=O) groups is 1. The molecule has 3 heterocycles. The second-order valence-electron chi connectivity index (χ2n) is 13.3. The van der Waals surface area contributed by atoms with Crippen molar-refractivity contribution >= 4 is 33.7 Å². The Kier molecular flexibility index (Phi) is 8.53. The maximum Gasteiger partial charge on any atom is 0.416 e. The van der Waals surface area contributed by atoms with Crippen molar-refractivity contribution in [1.29, 1.82) is 0 Å². The third-order valence-electron chi connectivity index (χ3n) is 9.46. The summed E-state index contributed by atoms with van der Waals surface area (Å²) in [6.45, 7) is 3.96. The molecule has 0 radical (unpaired) electrons. The van der Waals surface area contributed by atoms with E-state index >= 15 is 0 Å². The number of anilines is 1. The van der Waals surface area contributed by atoms with Gasteiger partial charge in [0.25, 0.3) is 5.91 Å². The summed E-state index contributed by atoms with van der Waals surface area (Å²) < 4.78 is 47.2. The zero-order valence-electron chi connectivity index (χ0n) is 26.9. The molecule has 2 aromatic carbocycles. The van der Waals surface area contributed by atoms with Crippen LogP contribution in [0.4, 0.5) is 19.0 Å². The molecule has 5 N–H and O–H groups in total. The number of nitrogens with zero attached hydrogens (tertiary/aromatic N) is 2. The fourth-order valence-corrected chi connectivity index (χ4v) is 6.79. The highest BCUT2D eigenvalue weighted by Crippen LogP contribution is 2.40. The molecule has 0 spiro atoms. The number of aryl methyl sites for hydroxylation is 1. The molecule has 0 bridgehead atoms. The minimum absolute atomic E-state index is 0.0493. The zero-order chi connectivity index (χ0) is 33.6. The highest BCUT2D eigenvalue weighted by Gasteiger charge is 2.33. The number of nitrogens with one attached hydrogen (secondary N) is 4. The summed E-state index contributed by atoms with van der Waals surface area (Å²) in [4.78, 5) is 29.1. The van der Waals surface area contributed by atoms with E-state index in [-0.39, 0.29) is 29.2 Å². The van der Waals surface area contributed by atoms with Crippen molar-refractivity contribution in [2.45, 2.75) is 83.2 Å². The Morgan fingerprint density at radius 1 is 1.04 bits per heavy atom. The van der Waals surface area contributed by atoms with Crippen LogP contribution in [0.5, 0.6) is 5.75 Å². The molecule has 9 nitrogen and oxygen atoms in total. The lowest BCUT2D eigenvalue weighted by atomic mass is 9.90. The number of para-hydroxylation sites is 1. The molecule has 7 rings (SSSR count). The Morgan fingerprint density at radius 3 is 2.52 bits per heavy atom. The van der Waals surface area contributed by atoms with Gasteiger partial charge in [-0.25, -0.2) is 9.97 Å². The number of carbonyl (C=O) groups excluding carboxylic acids is 1. The predicted molar refractivity (Wildman–Crippen MR) is 178 cm³/mol. The van der Waals surface area contributed by atoms with E-state index in [2.05, 4.69) is 36.6 Å². The normalized spacial score (nSPS) is 19.0. The number of aliphatic hydroxyl groups is 1. The smallest absolute Gasteiger partial charge is 0.416 e. The number of amides is 1. The highest BCUT2D eigenvalue weighted by molar-refractivity contribution is 6.09. The molecule has 0 aliphatic heterocycles. The van der Waals surface area contributed by atoms with Gasteiger partial charge in [-0.3, -0.25) is 4.79 Å². The minimum Gasteiger partial charge on any atom is -0.493 e. The van der Waals surface area contributed by atoms with Gasteiger partial charge in [-0.1, -0.05) is 18.2 Å². The van der Waals surface area contributed by atoms with Crippen molar-refractivity contribution in [2.75, 3.05) is 11.9 Å². The van der Waals surface area contributed by atoms with Gasteiger partial charge in [0.2, 0.25) is 0 Å². The molecule has 3 aromatic heterocycles. The number of aromatic amines is 2. The van der Waals surface area contributed by atoms with Gasteiger partial charge < -0.3 is 30.4 Å². The SMILES string of the molecule is Cc1[nH]c2c(-c3cc(C(F)(F)F)ccc3OCC3CC3)ncnc2c1C(=O)NC1CCC(Nc2[nH]c3ccccc3c2C[C@H](C)O)CC1. The van der Waals surface area contributed by atoms with Gasteiger partial charge in [0.15, 0.2) is 0 Å². The zero-order valence-corrected chi connectivity index (χ0v) is 26.9. The Morgan fingerprint density at radius 2 is 1.79 bits per heavy atom. The topological polar surface area (TPSA) is 128 Å². The molecular formula is C36H39F3N6O3. The molecule has 12 heteroatoms. The molecule has 2 saturated carbocycles. The fourth-order valence-electron chi connectivity index (χ4n) is 6.79. The van der Waals surface area contributed by atoms with Crippen LogP contribution in [0.15, 0.2) is 48.8 Å². The second-order valence-corrected chi connectivity index (χ2v) is 13.3. The van der Waals surface area contributed by atoms with E-state index in [1.807, 2.05) is 18.2 Å². The Labute approximate surface area is 275 Å². The standard InChI is InChI=1S/C36H39F3N6O3/c1-19(46)15-26-25-5-3-4-6-28(25)45-34(26)43-23-10-12-24(13-11-23)44-35(47)30-20(2)42-33-31(40-18-41-32(30)33)27-16-22(36(37,38)39)9-14-29(27)48-17-21-7-8-21/h3-6,9,14,16,18-19,21,23-24,42-43,45-46H,7-8,10-13,15,17H2,1-2H3,(H,44,47)/t19-,23?,24?/m0/s1. The third-order valence-corrected chi connectivity index (χ3v) is 9.46. The number of rotatable bonds is 10. The number of halogens is 3. The largest absolute Gasteiger partial charge is 0.493 e. The van der Waals surface area contributed by atoms with E-state index in [4.69, 9.17) is 4.74 Å². The van der Waals surface area contributed by atoms with Crippen LogP contribution in [0.25, 0.3) is 33.2 Å². The van der Waals surface area contributed by atoms with E-state index in [1.165, 1.54) is 12.4 Å². The maximum absolute atomic E-state index is 13.7. The van der Waals surface area contributed by atoms with Crippen molar-refractivity contribution < 1.29 is 27.8 Å². The number of alkyl halides is 3. The Bertz CT molecular complexity index is 1950. The van der Waals surface area contributed by atoms with E-state index in [1.54, 1.807) is 13.8 Å². The van der Waals surface area contributed by atoms with Crippen molar-refractivity contribution in [3.05, 3.63) is 71.2 Å². The quantitative estimate of drug-likeness (QED) is 0.107. The average Bonchev–Trinajstić information content (AvgIpc) is 3.74. The highest BCUT2D eigenvalue weighted by atomic mass is 19.4.